The Hall–Kier alpha value is -2.37. The molecular formula is C19H23ClN5O2P. The zero-order valence-electron chi connectivity index (χ0n) is 15.9. The van der Waals surface area contributed by atoms with Crippen molar-refractivity contribution in [1.82, 2.24) is 14.9 Å². The van der Waals surface area contributed by atoms with Gasteiger partial charge in [-0.1, -0.05) is 30.3 Å². The van der Waals surface area contributed by atoms with Crippen LogP contribution in [0, 0.1) is 0 Å². The molecule has 1 aliphatic heterocycles. The van der Waals surface area contributed by atoms with E-state index in [9.17, 15) is 9.36 Å². The van der Waals surface area contributed by atoms with Gasteiger partial charge in [0.15, 0.2) is 5.82 Å². The van der Waals surface area contributed by atoms with E-state index in [1.165, 1.54) is 12.3 Å². The Labute approximate surface area is 169 Å². The van der Waals surface area contributed by atoms with Gasteiger partial charge >= 0.3 is 0 Å². The highest BCUT2D eigenvalue weighted by Crippen LogP contribution is 2.38. The number of hydrogen-bond acceptors (Lipinski definition) is 6. The quantitative estimate of drug-likeness (QED) is 0.551. The number of amides is 1. The predicted molar refractivity (Wildman–Crippen MR) is 115 cm³/mol. The number of aromatic nitrogens is 2. The average molecular weight is 420 g/mol. The molecule has 1 atom stereocenters. The van der Waals surface area contributed by atoms with Gasteiger partial charge in [0.05, 0.1) is 11.9 Å². The Balaban J connectivity index is 1.77. The number of halogens is 1. The van der Waals surface area contributed by atoms with E-state index in [1.54, 1.807) is 18.2 Å². The van der Waals surface area contributed by atoms with Crippen molar-refractivity contribution in [2.75, 3.05) is 37.1 Å². The maximum atomic E-state index is 12.6. The standard InChI is InChI=1S/C19H23ClN5O2P/c1-4-17(26)25-10-9-13(12-25)22-19-21-11-14(20)18(24-19)23-15-7-5-6-8-16(15)28(2,3)27/h4-8,11,13H,1,9-10,12H2,2-3H3,(H2,21,22,23,24). The molecule has 1 unspecified atom stereocenters. The first-order chi connectivity index (χ1) is 13.3. The molecule has 0 spiro atoms. The van der Waals surface area contributed by atoms with Gasteiger partial charge in [-0.05, 0) is 38.0 Å². The molecule has 2 N–H and O–H groups in total. The van der Waals surface area contributed by atoms with Gasteiger partial charge in [-0.25, -0.2) is 4.98 Å². The lowest BCUT2D eigenvalue weighted by molar-refractivity contribution is -0.125. The summed E-state index contributed by atoms with van der Waals surface area (Å²) in [6.07, 6.45) is 3.63. The van der Waals surface area contributed by atoms with Crippen LogP contribution in [0.3, 0.4) is 0 Å². The zero-order valence-corrected chi connectivity index (χ0v) is 17.5. The molecule has 9 heteroatoms. The highest BCUT2D eigenvalue weighted by atomic mass is 35.5. The molecule has 0 bridgehead atoms. The maximum Gasteiger partial charge on any atom is 0.246 e. The fraction of sp³-hybridized carbons (Fsp3) is 0.316. The second-order valence-electron chi connectivity index (χ2n) is 7.00. The van der Waals surface area contributed by atoms with Gasteiger partial charge in [0, 0.05) is 24.4 Å². The summed E-state index contributed by atoms with van der Waals surface area (Å²) < 4.78 is 12.6. The van der Waals surface area contributed by atoms with Crippen LogP contribution in [0.25, 0.3) is 0 Å². The second-order valence-corrected chi connectivity index (χ2v) is 10.6. The third-order valence-electron chi connectivity index (χ3n) is 4.49. The average Bonchev–Trinajstić information content (AvgIpc) is 3.12. The predicted octanol–water partition coefficient (Wildman–Crippen LogP) is 3.32. The Bertz CT molecular complexity index is 946. The van der Waals surface area contributed by atoms with Crippen molar-refractivity contribution >= 4 is 47.4 Å². The van der Waals surface area contributed by atoms with Gasteiger partial charge in [0.25, 0.3) is 0 Å². The van der Waals surface area contributed by atoms with Crippen LogP contribution in [-0.4, -0.2) is 53.2 Å². The highest BCUT2D eigenvalue weighted by Gasteiger charge is 2.25. The van der Waals surface area contributed by atoms with Crippen LogP contribution in [0.5, 0.6) is 0 Å². The Morgan fingerprint density at radius 1 is 1.39 bits per heavy atom. The molecule has 148 valence electrons. The number of nitrogens with zero attached hydrogens (tertiary/aromatic N) is 3. The van der Waals surface area contributed by atoms with E-state index in [1.807, 2.05) is 24.3 Å². The van der Waals surface area contributed by atoms with E-state index >= 15 is 0 Å². The van der Waals surface area contributed by atoms with Crippen molar-refractivity contribution in [2.45, 2.75) is 12.5 Å². The third kappa shape index (κ3) is 4.72. The molecule has 2 aromatic rings. The van der Waals surface area contributed by atoms with E-state index in [-0.39, 0.29) is 11.9 Å². The van der Waals surface area contributed by atoms with Crippen LogP contribution >= 0.6 is 18.7 Å². The molecule has 1 aromatic carbocycles. The number of nitrogens with one attached hydrogen (secondary N) is 2. The highest BCUT2D eigenvalue weighted by molar-refractivity contribution is 7.70. The number of para-hydroxylation sites is 1. The summed E-state index contributed by atoms with van der Waals surface area (Å²) in [4.78, 5) is 22.2. The molecule has 1 fully saturated rings. The lowest BCUT2D eigenvalue weighted by Crippen LogP contribution is -2.30. The van der Waals surface area contributed by atoms with Crippen LogP contribution in [0.4, 0.5) is 17.5 Å². The fourth-order valence-electron chi connectivity index (χ4n) is 3.09. The number of likely N-dealkylation sites (tertiary alicyclic amines) is 1. The van der Waals surface area contributed by atoms with E-state index < -0.39 is 7.14 Å². The van der Waals surface area contributed by atoms with Crippen molar-refractivity contribution < 1.29 is 9.36 Å². The Kier molecular flexibility index (Phi) is 6.06. The van der Waals surface area contributed by atoms with Gasteiger partial charge in [0.1, 0.15) is 12.2 Å². The molecule has 3 rings (SSSR count). The van der Waals surface area contributed by atoms with Crippen LogP contribution < -0.4 is 15.9 Å². The summed E-state index contributed by atoms with van der Waals surface area (Å²) in [5.74, 6) is 0.763. The second kappa shape index (κ2) is 8.33. The number of hydrogen-bond donors (Lipinski definition) is 2. The zero-order chi connectivity index (χ0) is 20.3. The molecule has 2 heterocycles. The number of carbonyl (C=O) groups excluding carboxylic acids is 1. The van der Waals surface area contributed by atoms with Crippen molar-refractivity contribution in [3.63, 3.8) is 0 Å². The summed E-state index contributed by atoms with van der Waals surface area (Å²) in [6.45, 7) is 8.19. The summed E-state index contributed by atoms with van der Waals surface area (Å²) >= 11 is 6.26. The first kappa shape index (κ1) is 20.4. The number of benzene rings is 1. The minimum absolute atomic E-state index is 0.0525. The first-order valence-electron chi connectivity index (χ1n) is 8.90. The van der Waals surface area contributed by atoms with Gasteiger partial charge < -0.3 is 20.1 Å². The SMILES string of the molecule is C=CC(=O)N1CCC(Nc2ncc(Cl)c(Nc3ccccc3P(C)(C)=O)n2)C1. The minimum atomic E-state index is -2.47. The molecule has 1 amide bonds. The van der Waals surface area contributed by atoms with Crippen LogP contribution in [0.15, 0.2) is 43.1 Å². The largest absolute Gasteiger partial charge is 0.350 e. The monoisotopic (exact) mass is 419 g/mol. The number of carbonyl (C=O) groups is 1. The topological polar surface area (TPSA) is 87.2 Å². The lowest BCUT2D eigenvalue weighted by atomic mass is 10.3. The normalized spacial score (nSPS) is 16.7. The van der Waals surface area contributed by atoms with Gasteiger partial charge in [-0.3, -0.25) is 4.79 Å². The summed E-state index contributed by atoms with van der Waals surface area (Å²) in [7, 11) is -2.47. The Morgan fingerprint density at radius 2 is 2.14 bits per heavy atom. The summed E-state index contributed by atoms with van der Waals surface area (Å²) in [6, 6.07) is 7.44. The maximum absolute atomic E-state index is 12.6. The van der Waals surface area contributed by atoms with E-state index in [0.717, 1.165) is 11.7 Å². The van der Waals surface area contributed by atoms with Crippen LogP contribution in [0.1, 0.15) is 6.42 Å². The van der Waals surface area contributed by atoms with E-state index in [0.29, 0.717) is 35.6 Å². The molecule has 0 aliphatic carbocycles. The molecule has 28 heavy (non-hydrogen) atoms. The molecule has 0 saturated carbocycles. The minimum Gasteiger partial charge on any atom is -0.350 e. The van der Waals surface area contributed by atoms with Crippen molar-refractivity contribution in [1.29, 1.82) is 0 Å². The molecule has 7 nitrogen and oxygen atoms in total. The third-order valence-corrected chi connectivity index (χ3v) is 6.32. The van der Waals surface area contributed by atoms with Crippen molar-refractivity contribution in [3.05, 3.63) is 48.1 Å². The van der Waals surface area contributed by atoms with Crippen molar-refractivity contribution in [2.24, 2.45) is 0 Å². The van der Waals surface area contributed by atoms with Gasteiger partial charge in [-0.2, -0.15) is 4.98 Å². The number of anilines is 3. The number of rotatable bonds is 6. The first-order valence-corrected chi connectivity index (χ1v) is 11.9. The molecule has 1 saturated heterocycles. The molecule has 1 aliphatic rings. The fourth-order valence-corrected chi connectivity index (χ4v) is 4.38. The van der Waals surface area contributed by atoms with Crippen LogP contribution in [0.2, 0.25) is 5.02 Å². The van der Waals surface area contributed by atoms with E-state index in [2.05, 4.69) is 27.2 Å². The summed E-state index contributed by atoms with van der Waals surface area (Å²) in [5.41, 5.74) is 0.700. The lowest BCUT2D eigenvalue weighted by Gasteiger charge is -2.17. The van der Waals surface area contributed by atoms with Crippen molar-refractivity contribution in [3.8, 4) is 0 Å². The smallest absolute Gasteiger partial charge is 0.246 e. The van der Waals surface area contributed by atoms with Gasteiger partial charge in [0.2, 0.25) is 11.9 Å². The molecule has 0 radical (unpaired) electrons. The van der Waals surface area contributed by atoms with Crippen LogP contribution in [-0.2, 0) is 9.36 Å². The van der Waals surface area contributed by atoms with Gasteiger partial charge in [-0.15, -0.1) is 0 Å². The molecular weight excluding hydrogens is 397 g/mol. The summed E-state index contributed by atoms with van der Waals surface area (Å²) in [5, 5.41) is 7.51. The Morgan fingerprint density at radius 3 is 2.86 bits per heavy atom. The van der Waals surface area contributed by atoms with E-state index in [4.69, 9.17) is 11.6 Å². The molecule has 1 aromatic heterocycles.